The lowest BCUT2D eigenvalue weighted by atomic mass is 10.0. The molecule has 10 heteroatoms. The van der Waals surface area contributed by atoms with Crippen molar-refractivity contribution in [3.05, 3.63) is 146 Å². The fourth-order valence-corrected chi connectivity index (χ4v) is 12.0. The van der Waals surface area contributed by atoms with E-state index in [2.05, 4.69) is 0 Å². The molecule has 0 saturated carbocycles. The van der Waals surface area contributed by atoms with Gasteiger partial charge in [-0.3, -0.25) is 9.13 Å². The third kappa shape index (κ3) is 5.70. The number of hydrogen-bond acceptors (Lipinski definition) is 8. The summed E-state index contributed by atoms with van der Waals surface area (Å²) in [7, 11) is -0.545. The van der Waals surface area contributed by atoms with E-state index in [9.17, 15) is 9.13 Å². The molecule has 270 valence electrons. The third-order valence-electron chi connectivity index (χ3n) is 9.63. The fraction of sp³-hybridized carbons (Fsp3) is 0.0909. The lowest BCUT2D eigenvalue weighted by Crippen LogP contribution is -2.26. The summed E-state index contributed by atoms with van der Waals surface area (Å²) in [6.07, 6.45) is 0. The molecular formula is C44H36O8P2. The van der Waals surface area contributed by atoms with E-state index in [1.54, 1.807) is 52.7 Å². The van der Waals surface area contributed by atoms with Crippen LogP contribution in [0.25, 0.3) is 33.0 Å². The van der Waals surface area contributed by atoms with Gasteiger partial charge in [-0.05, 0) is 59.7 Å². The summed E-state index contributed by atoms with van der Waals surface area (Å²) in [4.78, 5) is 0. The summed E-state index contributed by atoms with van der Waals surface area (Å²) >= 11 is 0. The van der Waals surface area contributed by atoms with E-state index < -0.39 is 14.7 Å². The molecule has 2 aliphatic rings. The summed E-state index contributed by atoms with van der Waals surface area (Å²) in [6.45, 7) is 0. The average Bonchev–Trinajstić information content (AvgIpc) is 3.23. The van der Waals surface area contributed by atoms with Gasteiger partial charge in [-0.2, -0.15) is 0 Å². The minimum absolute atomic E-state index is 0.497. The van der Waals surface area contributed by atoms with Gasteiger partial charge in [0, 0.05) is 21.9 Å². The molecule has 7 aromatic carbocycles. The van der Waals surface area contributed by atoms with Gasteiger partial charge in [-0.15, -0.1) is 0 Å². The highest BCUT2D eigenvalue weighted by atomic mass is 31.2. The van der Waals surface area contributed by atoms with E-state index in [1.165, 1.54) is 0 Å². The highest BCUT2D eigenvalue weighted by Crippen LogP contribution is 2.57. The highest BCUT2D eigenvalue weighted by Gasteiger charge is 2.42. The van der Waals surface area contributed by atoms with Crippen LogP contribution in [0.5, 0.6) is 34.5 Å². The summed E-state index contributed by atoms with van der Waals surface area (Å²) in [5.41, 5.74) is 3.69. The predicted molar refractivity (Wildman–Crippen MR) is 215 cm³/mol. The van der Waals surface area contributed by atoms with Crippen LogP contribution in [-0.2, 0) is 9.13 Å². The Morgan fingerprint density at radius 2 is 0.889 bits per heavy atom. The molecule has 9 rings (SSSR count). The van der Waals surface area contributed by atoms with Gasteiger partial charge in [0.05, 0.1) is 49.7 Å². The Hall–Kier alpha value is -5.94. The molecular weight excluding hydrogens is 718 g/mol. The molecule has 0 fully saturated rings. The van der Waals surface area contributed by atoms with E-state index in [-0.39, 0.29) is 0 Å². The maximum absolute atomic E-state index is 14.6. The van der Waals surface area contributed by atoms with Crippen molar-refractivity contribution in [3.63, 3.8) is 0 Å². The largest absolute Gasteiger partial charge is 0.497 e. The normalized spacial score (nSPS) is 17.5. The molecule has 0 aromatic heterocycles. The Bertz CT molecular complexity index is 2650. The van der Waals surface area contributed by atoms with Crippen LogP contribution in [0, 0.1) is 0 Å². The number of benzene rings is 7. The summed E-state index contributed by atoms with van der Waals surface area (Å²) in [5.74, 6) is 3.49. The molecule has 0 aliphatic carbocycles. The molecule has 2 atom stereocenters. The second-order valence-corrected chi connectivity index (χ2v) is 17.0. The molecule has 0 spiro atoms. The van der Waals surface area contributed by atoms with E-state index >= 15 is 0 Å². The van der Waals surface area contributed by atoms with Crippen molar-refractivity contribution in [2.75, 3.05) is 28.4 Å². The van der Waals surface area contributed by atoms with E-state index in [0.29, 0.717) is 55.7 Å². The maximum Gasteiger partial charge on any atom is 0.311 e. The van der Waals surface area contributed by atoms with Crippen LogP contribution in [0.4, 0.5) is 0 Å². The van der Waals surface area contributed by atoms with Crippen molar-refractivity contribution >= 4 is 46.7 Å². The lowest BCUT2D eigenvalue weighted by Gasteiger charge is -2.30. The Morgan fingerprint density at radius 1 is 0.407 bits per heavy atom. The molecule has 2 heterocycles. The van der Waals surface area contributed by atoms with Gasteiger partial charge >= 0.3 is 14.7 Å². The standard InChI is InChI=1S/C24H19O4P.C20H17O4P/c1-26-21-15-23(24(27-2)19-12-4-3-10-17(19)21)29(25)22-14-8-6-11-18(22)16-9-5-7-13-20(16)28-29;1-22-14-11-12-18(23-2)20(13-14)25(21)19-10-6-4-8-16(19)15-7-3-5-9-17(15)24-25/h3-15H,1-2H3;3-13H,1-2H3. The lowest BCUT2D eigenvalue weighted by molar-refractivity contribution is 0.404. The molecule has 7 aromatic rings. The van der Waals surface area contributed by atoms with E-state index in [0.717, 1.165) is 33.0 Å². The first kappa shape index (κ1) is 35.1. The maximum atomic E-state index is 14.6. The minimum atomic E-state index is -3.49. The number of methoxy groups -OCH3 is 4. The number of rotatable bonds is 6. The van der Waals surface area contributed by atoms with Gasteiger partial charge in [0.25, 0.3) is 0 Å². The third-order valence-corrected chi connectivity index (χ3v) is 14.5. The summed E-state index contributed by atoms with van der Waals surface area (Å²) in [6, 6.07) is 45.4. The molecule has 8 nitrogen and oxygen atoms in total. The second-order valence-electron chi connectivity index (χ2n) is 12.5. The van der Waals surface area contributed by atoms with Crippen LogP contribution in [0.3, 0.4) is 0 Å². The Kier molecular flexibility index (Phi) is 9.19. The summed E-state index contributed by atoms with van der Waals surface area (Å²) in [5, 5.41) is 4.05. The van der Waals surface area contributed by atoms with Crippen LogP contribution >= 0.6 is 14.7 Å². The topological polar surface area (TPSA) is 89.5 Å². The smallest absolute Gasteiger partial charge is 0.311 e. The van der Waals surface area contributed by atoms with Gasteiger partial charge in [-0.1, -0.05) is 97.1 Å². The van der Waals surface area contributed by atoms with E-state index in [4.69, 9.17) is 28.0 Å². The molecule has 0 N–H and O–H groups in total. The zero-order valence-electron chi connectivity index (χ0n) is 30.0. The second kappa shape index (κ2) is 14.1. The zero-order chi connectivity index (χ0) is 37.5. The minimum Gasteiger partial charge on any atom is -0.497 e. The molecule has 2 unspecified atom stereocenters. The molecule has 0 radical (unpaired) electrons. The fourth-order valence-electron chi connectivity index (χ4n) is 7.12. The van der Waals surface area contributed by atoms with Crippen molar-refractivity contribution in [2.45, 2.75) is 0 Å². The first-order valence-corrected chi connectivity index (χ1v) is 20.4. The molecule has 54 heavy (non-hydrogen) atoms. The van der Waals surface area contributed by atoms with Crippen molar-refractivity contribution in [2.24, 2.45) is 0 Å². The Balaban J connectivity index is 0.000000155. The monoisotopic (exact) mass is 754 g/mol. The van der Waals surface area contributed by atoms with Crippen LogP contribution in [0.15, 0.2) is 146 Å². The van der Waals surface area contributed by atoms with Crippen LogP contribution < -0.4 is 49.2 Å². The Labute approximate surface area is 313 Å². The van der Waals surface area contributed by atoms with Crippen molar-refractivity contribution in [1.82, 2.24) is 0 Å². The van der Waals surface area contributed by atoms with Gasteiger partial charge < -0.3 is 28.0 Å². The number of ether oxygens (including phenoxy) is 4. The quantitative estimate of drug-likeness (QED) is 0.155. The van der Waals surface area contributed by atoms with Gasteiger partial charge in [0.15, 0.2) is 0 Å². The predicted octanol–water partition coefficient (Wildman–Crippen LogP) is 9.14. The van der Waals surface area contributed by atoms with Gasteiger partial charge in [-0.25, -0.2) is 0 Å². The average molecular weight is 755 g/mol. The zero-order valence-corrected chi connectivity index (χ0v) is 31.8. The highest BCUT2D eigenvalue weighted by molar-refractivity contribution is 7.75. The summed E-state index contributed by atoms with van der Waals surface area (Å²) < 4.78 is 63.2. The van der Waals surface area contributed by atoms with Crippen molar-refractivity contribution in [1.29, 1.82) is 0 Å². The molecule has 0 bridgehead atoms. The number of fused-ring (bicyclic) bond motifs is 7. The SMILES string of the molecule is COc1cc(P2(=O)Oc3ccccc3-c3ccccc32)c(OC)c2ccccc12.COc1ccc(OC)c(P2(=O)Oc3ccccc3-c3ccccc32)c1. The van der Waals surface area contributed by atoms with E-state index in [1.807, 2.05) is 121 Å². The molecule has 2 aliphatic heterocycles. The van der Waals surface area contributed by atoms with Crippen LogP contribution in [-0.4, -0.2) is 28.4 Å². The molecule has 0 saturated heterocycles. The number of hydrogen-bond donors (Lipinski definition) is 0. The first-order valence-electron chi connectivity index (χ1n) is 17.2. The Morgan fingerprint density at radius 3 is 1.43 bits per heavy atom. The van der Waals surface area contributed by atoms with Crippen molar-refractivity contribution < 1.29 is 37.1 Å². The van der Waals surface area contributed by atoms with Gasteiger partial charge in [0.2, 0.25) is 0 Å². The number of para-hydroxylation sites is 2. The van der Waals surface area contributed by atoms with Crippen molar-refractivity contribution in [3.8, 4) is 56.8 Å². The molecule has 0 amide bonds. The first-order chi connectivity index (χ1) is 26.3. The van der Waals surface area contributed by atoms with Crippen LogP contribution in [0.2, 0.25) is 0 Å². The van der Waals surface area contributed by atoms with Crippen LogP contribution in [0.1, 0.15) is 0 Å². The van der Waals surface area contributed by atoms with Gasteiger partial charge in [0.1, 0.15) is 34.5 Å².